The Morgan fingerprint density at radius 2 is 1.95 bits per heavy atom. The zero-order chi connectivity index (χ0) is 14.0. The first kappa shape index (κ1) is 14.8. The van der Waals surface area contributed by atoms with Crippen molar-refractivity contribution in [3.63, 3.8) is 0 Å². The van der Waals surface area contributed by atoms with Crippen LogP contribution in [0.4, 0.5) is 8.78 Å². The number of benzene rings is 1. The van der Waals surface area contributed by atoms with E-state index in [0.717, 1.165) is 17.7 Å². The Morgan fingerprint density at radius 3 is 2.58 bits per heavy atom. The van der Waals surface area contributed by atoms with Crippen LogP contribution in [-0.2, 0) is 0 Å². The Labute approximate surface area is 118 Å². The lowest BCUT2D eigenvalue weighted by molar-refractivity contribution is 0.266. The lowest BCUT2D eigenvalue weighted by Crippen LogP contribution is -2.39. The van der Waals surface area contributed by atoms with Gasteiger partial charge in [-0.25, -0.2) is 8.78 Å². The van der Waals surface area contributed by atoms with Gasteiger partial charge in [0.2, 0.25) is 0 Å². The van der Waals surface area contributed by atoms with Crippen molar-refractivity contribution in [2.24, 2.45) is 17.6 Å². The molecule has 1 aliphatic rings. The van der Waals surface area contributed by atoms with E-state index in [1.165, 1.54) is 18.6 Å². The number of thioether (sulfide) groups is 1. The summed E-state index contributed by atoms with van der Waals surface area (Å²) in [5, 5.41) is 0.297. The third-order valence-electron chi connectivity index (χ3n) is 4.00. The standard InChI is InChI=1S/C15H21F2NS/c1-9(2)10-3-6-14(18)15(7-10)19-11-4-5-12(16)13(17)8-11/h4-5,8-10,14-15H,3,6-7,18H2,1-2H3. The van der Waals surface area contributed by atoms with Gasteiger partial charge in [-0.2, -0.15) is 0 Å². The highest BCUT2D eigenvalue weighted by atomic mass is 32.2. The monoisotopic (exact) mass is 285 g/mol. The molecule has 1 aliphatic carbocycles. The molecule has 2 N–H and O–H groups in total. The number of halogens is 2. The van der Waals surface area contributed by atoms with Gasteiger partial charge in [-0.05, 0) is 49.3 Å². The molecule has 3 atom stereocenters. The van der Waals surface area contributed by atoms with E-state index in [0.29, 0.717) is 17.1 Å². The van der Waals surface area contributed by atoms with Crippen LogP contribution in [0.15, 0.2) is 23.1 Å². The molecule has 0 amide bonds. The van der Waals surface area contributed by atoms with Crippen molar-refractivity contribution in [1.29, 1.82) is 0 Å². The predicted molar refractivity (Wildman–Crippen MR) is 76.2 cm³/mol. The summed E-state index contributed by atoms with van der Waals surface area (Å²) in [5.41, 5.74) is 6.17. The van der Waals surface area contributed by atoms with Crippen LogP contribution in [0.1, 0.15) is 33.1 Å². The van der Waals surface area contributed by atoms with Crippen LogP contribution in [0.5, 0.6) is 0 Å². The molecule has 3 unspecified atom stereocenters. The first-order valence-electron chi connectivity index (χ1n) is 6.84. The van der Waals surface area contributed by atoms with Gasteiger partial charge in [0.15, 0.2) is 11.6 Å². The van der Waals surface area contributed by atoms with Crippen LogP contribution in [0, 0.1) is 23.5 Å². The van der Waals surface area contributed by atoms with Gasteiger partial charge in [0, 0.05) is 16.2 Å². The third kappa shape index (κ3) is 3.69. The molecule has 0 spiro atoms. The van der Waals surface area contributed by atoms with E-state index in [2.05, 4.69) is 13.8 Å². The second-order valence-corrected chi connectivity index (χ2v) is 7.03. The number of hydrogen-bond donors (Lipinski definition) is 1. The molecule has 1 aromatic rings. The molecule has 0 saturated heterocycles. The molecule has 19 heavy (non-hydrogen) atoms. The molecular weight excluding hydrogens is 264 g/mol. The molecule has 4 heteroatoms. The molecule has 1 aromatic carbocycles. The predicted octanol–water partition coefficient (Wildman–Crippen LogP) is 4.21. The Hall–Kier alpha value is -0.610. The summed E-state index contributed by atoms with van der Waals surface area (Å²) in [6.45, 7) is 4.47. The Bertz CT molecular complexity index is 436. The fourth-order valence-corrected chi connectivity index (χ4v) is 3.97. The summed E-state index contributed by atoms with van der Waals surface area (Å²) >= 11 is 1.58. The van der Waals surface area contributed by atoms with Gasteiger partial charge in [0.25, 0.3) is 0 Å². The van der Waals surface area contributed by atoms with Crippen LogP contribution in [-0.4, -0.2) is 11.3 Å². The van der Waals surface area contributed by atoms with Crippen molar-refractivity contribution in [3.8, 4) is 0 Å². The molecule has 1 fully saturated rings. The average molecular weight is 285 g/mol. The third-order valence-corrected chi connectivity index (χ3v) is 5.38. The van der Waals surface area contributed by atoms with E-state index < -0.39 is 11.6 Å². The van der Waals surface area contributed by atoms with Gasteiger partial charge in [0.05, 0.1) is 0 Å². The van der Waals surface area contributed by atoms with E-state index >= 15 is 0 Å². The molecule has 0 radical (unpaired) electrons. The maximum atomic E-state index is 13.2. The van der Waals surface area contributed by atoms with Crippen molar-refractivity contribution in [3.05, 3.63) is 29.8 Å². The first-order valence-corrected chi connectivity index (χ1v) is 7.72. The molecule has 2 rings (SSSR count). The number of nitrogens with two attached hydrogens (primary N) is 1. The van der Waals surface area contributed by atoms with Gasteiger partial charge in [-0.1, -0.05) is 13.8 Å². The van der Waals surface area contributed by atoms with Gasteiger partial charge in [0.1, 0.15) is 0 Å². The Morgan fingerprint density at radius 1 is 1.21 bits per heavy atom. The largest absolute Gasteiger partial charge is 0.327 e. The van der Waals surface area contributed by atoms with Crippen molar-refractivity contribution in [2.45, 2.75) is 49.3 Å². The molecule has 0 heterocycles. The summed E-state index contributed by atoms with van der Waals surface area (Å²) < 4.78 is 26.1. The molecule has 1 nitrogen and oxygen atoms in total. The summed E-state index contributed by atoms with van der Waals surface area (Å²) in [4.78, 5) is 0.767. The highest BCUT2D eigenvalue weighted by Gasteiger charge is 2.30. The van der Waals surface area contributed by atoms with Crippen LogP contribution in [0.2, 0.25) is 0 Å². The second kappa shape index (κ2) is 6.23. The highest BCUT2D eigenvalue weighted by molar-refractivity contribution is 8.00. The summed E-state index contributed by atoms with van der Waals surface area (Å²) in [6.07, 6.45) is 3.25. The minimum atomic E-state index is -0.794. The van der Waals surface area contributed by atoms with Crippen LogP contribution in [0.3, 0.4) is 0 Å². The second-order valence-electron chi connectivity index (χ2n) is 5.71. The summed E-state index contributed by atoms with van der Waals surface area (Å²) in [5.74, 6) is -0.240. The highest BCUT2D eigenvalue weighted by Crippen LogP contribution is 2.38. The van der Waals surface area contributed by atoms with E-state index in [-0.39, 0.29) is 6.04 Å². The lowest BCUT2D eigenvalue weighted by Gasteiger charge is -2.35. The summed E-state index contributed by atoms with van der Waals surface area (Å²) in [6, 6.07) is 4.24. The minimum Gasteiger partial charge on any atom is -0.327 e. The zero-order valence-corrected chi connectivity index (χ0v) is 12.2. The van der Waals surface area contributed by atoms with E-state index in [1.807, 2.05) is 0 Å². The number of rotatable bonds is 3. The molecule has 0 bridgehead atoms. The Balaban J connectivity index is 2.05. The summed E-state index contributed by atoms with van der Waals surface area (Å²) in [7, 11) is 0. The normalized spacial score (nSPS) is 27.8. The lowest BCUT2D eigenvalue weighted by atomic mass is 9.79. The molecule has 1 saturated carbocycles. The van der Waals surface area contributed by atoms with Gasteiger partial charge in [-0.15, -0.1) is 11.8 Å². The van der Waals surface area contributed by atoms with Crippen molar-refractivity contribution < 1.29 is 8.78 Å². The van der Waals surface area contributed by atoms with E-state index in [4.69, 9.17) is 5.73 Å². The minimum absolute atomic E-state index is 0.146. The Kier molecular flexibility index (Phi) is 4.85. The van der Waals surface area contributed by atoms with Crippen molar-refractivity contribution >= 4 is 11.8 Å². The van der Waals surface area contributed by atoms with Crippen molar-refractivity contribution in [1.82, 2.24) is 0 Å². The van der Waals surface area contributed by atoms with Crippen LogP contribution < -0.4 is 5.73 Å². The molecule has 106 valence electrons. The molecule has 0 aromatic heterocycles. The van der Waals surface area contributed by atoms with E-state index in [9.17, 15) is 8.78 Å². The maximum Gasteiger partial charge on any atom is 0.159 e. The molecule has 0 aliphatic heterocycles. The fourth-order valence-electron chi connectivity index (χ4n) is 2.65. The maximum absolute atomic E-state index is 13.2. The van der Waals surface area contributed by atoms with Crippen molar-refractivity contribution in [2.75, 3.05) is 0 Å². The quantitative estimate of drug-likeness (QED) is 0.900. The smallest absolute Gasteiger partial charge is 0.159 e. The first-order chi connectivity index (χ1) is 8.97. The fraction of sp³-hybridized carbons (Fsp3) is 0.600. The average Bonchev–Trinajstić information content (AvgIpc) is 2.36. The SMILES string of the molecule is CC(C)C1CCC(N)C(Sc2ccc(F)c(F)c2)C1. The molecular formula is C15H21F2NS. The van der Waals surface area contributed by atoms with E-state index in [1.54, 1.807) is 17.8 Å². The van der Waals surface area contributed by atoms with Crippen LogP contribution in [0.25, 0.3) is 0 Å². The van der Waals surface area contributed by atoms with Gasteiger partial charge >= 0.3 is 0 Å². The topological polar surface area (TPSA) is 26.0 Å². The van der Waals surface area contributed by atoms with Gasteiger partial charge < -0.3 is 5.73 Å². The number of hydrogen-bond acceptors (Lipinski definition) is 2. The van der Waals surface area contributed by atoms with Crippen LogP contribution >= 0.6 is 11.8 Å². The zero-order valence-electron chi connectivity index (χ0n) is 11.4. The van der Waals surface area contributed by atoms with Gasteiger partial charge in [-0.3, -0.25) is 0 Å².